The molecule has 19 heavy (non-hydrogen) atoms. The van der Waals surface area contributed by atoms with Crippen molar-refractivity contribution >= 4 is 12.1 Å². The second-order valence-corrected chi connectivity index (χ2v) is 6.17. The molecule has 1 amide bonds. The lowest BCUT2D eigenvalue weighted by atomic mass is 9.90. The molecular formula is C13H21NO5. The van der Waals surface area contributed by atoms with E-state index in [1.807, 2.05) is 0 Å². The van der Waals surface area contributed by atoms with Gasteiger partial charge in [0.05, 0.1) is 18.1 Å². The van der Waals surface area contributed by atoms with Gasteiger partial charge in [0.2, 0.25) is 0 Å². The zero-order valence-corrected chi connectivity index (χ0v) is 11.6. The second-order valence-electron chi connectivity index (χ2n) is 6.17. The maximum absolute atomic E-state index is 12.2. The predicted molar refractivity (Wildman–Crippen MR) is 66.8 cm³/mol. The van der Waals surface area contributed by atoms with Gasteiger partial charge in [0.15, 0.2) is 0 Å². The van der Waals surface area contributed by atoms with Crippen molar-refractivity contribution in [3.8, 4) is 0 Å². The van der Waals surface area contributed by atoms with Crippen LogP contribution in [0.25, 0.3) is 0 Å². The first-order valence-corrected chi connectivity index (χ1v) is 6.62. The monoisotopic (exact) mass is 271 g/mol. The molecule has 2 aliphatic heterocycles. The molecule has 2 aliphatic rings. The van der Waals surface area contributed by atoms with Crippen LogP contribution in [0.15, 0.2) is 0 Å². The summed E-state index contributed by atoms with van der Waals surface area (Å²) >= 11 is 0. The molecule has 0 aromatic rings. The van der Waals surface area contributed by atoms with Gasteiger partial charge in [-0.3, -0.25) is 4.79 Å². The molecule has 1 N–H and O–H groups in total. The molecule has 0 radical (unpaired) electrons. The second kappa shape index (κ2) is 5.00. The Morgan fingerprint density at radius 2 is 2.05 bits per heavy atom. The maximum Gasteiger partial charge on any atom is 0.410 e. The summed E-state index contributed by atoms with van der Waals surface area (Å²) < 4.78 is 10.9. The number of carboxylic acid groups (broad SMARTS) is 1. The van der Waals surface area contributed by atoms with Crippen molar-refractivity contribution in [2.24, 2.45) is 5.92 Å². The Morgan fingerprint density at radius 3 is 2.63 bits per heavy atom. The van der Waals surface area contributed by atoms with Crippen LogP contribution in [0.2, 0.25) is 0 Å². The summed E-state index contributed by atoms with van der Waals surface area (Å²) in [4.78, 5) is 24.9. The molecule has 108 valence electrons. The number of amides is 1. The highest BCUT2D eigenvalue weighted by Gasteiger charge is 2.45. The number of aliphatic carboxylic acids is 1. The minimum absolute atomic E-state index is 0.0505. The van der Waals surface area contributed by atoms with E-state index < -0.39 is 23.6 Å². The molecule has 0 unspecified atom stereocenters. The van der Waals surface area contributed by atoms with Crippen LogP contribution in [0.5, 0.6) is 0 Å². The minimum Gasteiger partial charge on any atom is -0.481 e. The summed E-state index contributed by atoms with van der Waals surface area (Å²) in [7, 11) is 0. The number of carboxylic acids is 1. The number of likely N-dealkylation sites (tertiary alicyclic amines) is 1. The van der Waals surface area contributed by atoms with Crippen LogP contribution in [0.3, 0.4) is 0 Å². The van der Waals surface area contributed by atoms with Gasteiger partial charge in [-0.2, -0.15) is 0 Å². The average Bonchev–Trinajstić information content (AvgIpc) is 2.72. The van der Waals surface area contributed by atoms with E-state index in [0.29, 0.717) is 13.0 Å². The molecule has 3 atom stereocenters. The van der Waals surface area contributed by atoms with Crippen LogP contribution in [0.1, 0.15) is 33.6 Å². The fourth-order valence-corrected chi connectivity index (χ4v) is 2.66. The highest BCUT2D eigenvalue weighted by Crippen LogP contribution is 2.32. The molecule has 0 saturated carbocycles. The van der Waals surface area contributed by atoms with Crippen molar-refractivity contribution in [3.63, 3.8) is 0 Å². The van der Waals surface area contributed by atoms with E-state index in [-0.39, 0.29) is 18.7 Å². The molecule has 6 heteroatoms. The molecule has 2 heterocycles. The fourth-order valence-electron chi connectivity index (χ4n) is 2.66. The van der Waals surface area contributed by atoms with Crippen molar-refractivity contribution in [2.75, 3.05) is 13.2 Å². The predicted octanol–water partition coefficient (Wildman–Crippen LogP) is 1.49. The molecule has 0 bridgehead atoms. The average molecular weight is 271 g/mol. The van der Waals surface area contributed by atoms with E-state index >= 15 is 0 Å². The van der Waals surface area contributed by atoms with Gasteiger partial charge in [0, 0.05) is 13.2 Å². The van der Waals surface area contributed by atoms with Gasteiger partial charge >= 0.3 is 12.1 Å². The van der Waals surface area contributed by atoms with Gasteiger partial charge in [-0.15, -0.1) is 0 Å². The number of hydrogen-bond acceptors (Lipinski definition) is 4. The van der Waals surface area contributed by atoms with Crippen LogP contribution in [-0.4, -0.2) is 53.0 Å². The van der Waals surface area contributed by atoms with Crippen molar-refractivity contribution in [3.05, 3.63) is 0 Å². The van der Waals surface area contributed by atoms with Crippen molar-refractivity contribution in [2.45, 2.75) is 51.4 Å². The van der Waals surface area contributed by atoms with Gasteiger partial charge in [0.25, 0.3) is 0 Å². The number of piperidine rings is 1. The molecule has 2 fully saturated rings. The Kier molecular flexibility index (Phi) is 3.71. The van der Waals surface area contributed by atoms with Crippen LogP contribution in [0.4, 0.5) is 4.79 Å². The molecular weight excluding hydrogens is 250 g/mol. The van der Waals surface area contributed by atoms with Gasteiger partial charge in [-0.1, -0.05) is 0 Å². The molecule has 0 aromatic carbocycles. The van der Waals surface area contributed by atoms with Crippen molar-refractivity contribution in [1.29, 1.82) is 0 Å². The summed E-state index contributed by atoms with van der Waals surface area (Å²) in [5, 5.41) is 9.16. The van der Waals surface area contributed by atoms with E-state index in [9.17, 15) is 9.59 Å². The summed E-state index contributed by atoms with van der Waals surface area (Å²) in [6, 6.07) is -0.0505. The zero-order valence-electron chi connectivity index (χ0n) is 11.6. The third-order valence-electron chi connectivity index (χ3n) is 3.49. The topological polar surface area (TPSA) is 76.1 Å². The zero-order chi connectivity index (χ0) is 14.2. The highest BCUT2D eigenvalue weighted by molar-refractivity contribution is 5.74. The number of carbonyl (C=O) groups is 2. The normalized spacial score (nSPS) is 30.9. The molecule has 2 saturated heterocycles. The molecule has 6 nitrogen and oxygen atoms in total. The van der Waals surface area contributed by atoms with Crippen LogP contribution < -0.4 is 0 Å². The number of carbonyl (C=O) groups excluding carboxylic acids is 1. The quantitative estimate of drug-likeness (QED) is 0.782. The van der Waals surface area contributed by atoms with Crippen molar-refractivity contribution < 1.29 is 24.2 Å². The molecule has 0 aromatic heterocycles. The molecule has 0 spiro atoms. The Bertz CT molecular complexity index is 376. The van der Waals surface area contributed by atoms with Gasteiger partial charge < -0.3 is 19.5 Å². The number of fused-ring (bicyclic) bond motifs is 1. The van der Waals surface area contributed by atoms with Crippen LogP contribution >= 0.6 is 0 Å². The van der Waals surface area contributed by atoms with Gasteiger partial charge in [-0.25, -0.2) is 4.79 Å². The summed E-state index contributed by atoms with van der Waals surface area (Å²) in [5.74, 6) is -1.46. The Hall–Kier alpha value is -1.30. The first-order chi connectivity index (χ1) is 8.78. The fraction of sp³-hybridized carbons (Fsp3) is 0.846. The van der Waals surface area contributed by atoms with Crippen molar-refractivity contribution in [1.82, 2.24) is 4.90 Å². The van der Waals surface area contributed by atoms with Gasteiger partial charge in [-0.05, 0) is 33.6 Å². The van der Waals surface area contributed by atoms with E-state index in [0.717, 1.165) is 6.42 Å². The van der Waals surface area contributed by atoms with Gasteiger partial charge in [0.1, 0.15) is 5.60 Å². The lowest BCUT2D eigenvalue weighted by Gasteiger charge is -2.39. The summed E-state index contributed by atoms with van der Waals surface area (Å²) in [6.45, 7) is 6.17. The van der Waals surface area contributed by atoms with E-state index in [2.05, 4.69) is 0 Å². The van der Waals surface area contributed by atoms with E-state index in [4.69, 9.17) is 14.6 Å². The van der Waals surface area contributed by atoms with E-state index in [1.165, 1.54) is 4.90 Å². The largest absolute Gasteiger partial charge is 0.481 e. The minimum atomic E-state index is -0.887. The molecule has 2 rings (SSSR count). The number of rotatable bonds is 1. The first-order valence-electron chi connectivity index (χ1n) is 6.62. The third-order valence-corrected chi connectivity index (χ3v) is 3.49. The number of nitrogens with zero attached hydrogens (tertiary/aromatic N) is 1. The van der Waals surface area contributed by atoms with Crippen LogP contribution in [-0.2, 0) is 14.3 Å². The SMILES string of the molecule is CC(C)(C)OC(=O)N1C[C@@H](C(=O)O)C[C@@H]2OCC[C@@H]21. The third kappa shape index (κ3) is 3.18. The highest BCUT2D eigenvalue weighted by atomic mass is 16.6. The smallest absolute Gasteiger partial charge is 0.410 e. The van der Waals surface area contributed by atoms with Crippen LogP contribution in [0, 0.1) is 5.92 Å². The number of hydrogen-bond donors (Lipinski definition) is 1. The first kappa shape index (κ1) is 14.1. The lowest BCUT2D eigenvalue weighted by molar-refractivity contribution is -0.146. The summed E-state index contributed by atoms with van der Waals surface area (Å²) in [6.07, 6.45) is 0.594. The lowest BCUT2D eigenvalue weighted by Crippen LogP contribution is -2.54. The standard InChI is InChI=1S/C13H21NO5/c1-13(2,3)19-12(17)14-7-8(11(15)16)6-10-9(14)4-5-18-10/h8-10H,4-7H2,1-3H3,(H,15,16)/t8-,9-,10-/m0/s1. The Morgan fingerprint density at radius 1 is 1.37 bits per heavy atom. The maximum atomic E-state index is 12.2. The molecule has 0 aliphatic carbocycles. The number of ether oxygens (including phenoxy) is 2. The Balaban J connectivity index is 2.11. The van der Waals surface area contributed by atoms with E-state index in [1.54, 1.807) is 20.8 Å². The summed E-state index contributed by atoms with van der Waals surface area (Å²) in [5.41, 5.74) is -0.581. The Labute approximate surface area is 112 Å².